The van der Waals surface area contributed by atoms with Gasteiger partial charge in [0.05, 0.1) is 11.2 Å². The lowest BCUT2D eigenvalue weighted by atomic mass is 9.77. The fourth-order valence-corrected chi connectivity index (χ4v) is 2.80. The van der Waals surface area contributed by atoms with Crippen LogP contribution in [0, 0.1) is 5.92 Å². The van der Waals surface area contributed by atoms with Crippen molar-refractivity contribution in [1.82, 2.24) is 0 Å². The average molecular weight is 212 g/mol. The van der Waals surface area contributed by atoms with Crippen molar-refractivity contribution in [2.24, 2.45) is 5.92 Å². The van der Waals surface area contributed by atoms with Crippen LogP contribution in [0.5, 0.6) is 0 Å². The van der Waals surface area contributed by atoms with Crippen molar-refractivity contribution in [3.63, 3.8) is 0 Å². The van der Waals surface area contributed by atoms with Crippen LogP contribution in [-0.2, 0) is 4.74 Å². The minimum atomic E-state index is 0.00967. The van der Waals surface area contributed by atoms with Gasteiger partial charge in [0.25, 0.3) is 0 Å². The Morgan fingerprint density at radius 3 is 2.13 bits per heavy atom. The Bertz CT molecular complexity index is 182. The van der Waals surface area contributed by atoms with Crippen LogP contribution in [0.4, 0.5) is 0 Å². The van der Waals surface area contributed by atoms with E-state index in [0.29, 0.717) is 0 Å². The molecule has 1 nitrogen and oxygen atoms in total. The predicted octanol–water partition coefficient (Wildman–Crippen LogP) is 4.55. The largest absolute Gasteiger partial charge is 0.369 e. The van der Waals surface area contributed by atoms with Crippen LogP contribution in [-0.4, -0.2) is 11.2 Å². The molecule has 0 aliphatic heterocycles. The number of rotatable bonds is 3. The van der Waals surface area contributed by atoms with Crippen molar-refractivity contribution in [1.29, 1.82) is 0 Å². The Morgan fingerprint density at radius 1 is 1.20 bits per heavy atom. The summed E-state index contributed by atoms with van der Waals surface area (Å²) in [6.07, 6.45) is 7.69. The van der Waals surface area contributed by atoms with Crippen molar-refractivity contribution in [3.05, 3.63) is 0 Å². The lowest BCUT2D eigenvalue weighted by molar-refractivity contribution is -0.156. The maximum Gasteiger partial charge on any atom is 0.0689 e. The summed E-state index contributed by atoms with van der Waals surface area (Å²) in [4.78, 5) is 0. The van der Waals surface area contributed by atoms with Gasteiger partial charge >= 0.3 is 0 Å². The first-order valence-corrected chi connectivity index (χ1v) is 6.57. The van der Waals surface area contributed by atoms with Gasteiger partial charge < -0.3 is 4.74 Å². The van der Waals surface area contributed by atoms with Crippen LogP contribution < -0.4 is 0 Å². The Morgan fingerprint density at radius 2 is 1.73 bits per heavy atom. The number of hydrogen-bond donors (Lipinski definition) is 0. The van der Waals surface area contributed by atoms with Gasteiger partial charge in [0, 0.05) is 0 Å². The molecule has 0 atom stereocenters. The Hall–Kier alpha value is -0.0400. The molecule has 0 aromatic heterocycles. The van der Waals surface area contributed by atoms with Crippen LogP contribution >= 0.6 is 0 Å². The second kappa shape index (κ2) is 4.86. The van der Waals surface area contributed by atoms with E-state index in [9.17, 15) is 0 Å². The SMILES string of the molecule is CCCC1(OC(C)(C)C)CCC(C)CC1. The van der Waals surface area contributed by atoms with E-state index in [0.717, 1.165) is 5.92 Å². The molecule has 0 amide bonds. The van der Waals surface area contributed by atoms with Crippen molar-refractivity contribution >= 4 is 0 Å². The smallest absolute Gasteiger partial charge is 0.0689 e. The Balaban J connectivity index is 2.62. The molecule has 0 N–H and O–H groups in total. The molecule has 15 heavy (non-hydrogen) atoms. The molecule has 0 unspecified atom stereocenters. The van der Waals surface area contributed by atoms with E-state index in [1.54, 1.807) is 0 Å². The zero-order valence-corrected chi connectivity index (χ0v) is 11.2. The molecule has 1 saturated carbocycles. The molecule has 1 aliphatic rings. The van der Waals surface area contributed by atoms with Gasteiger partial charge in [-0.2, -0.15) is 0 Å². The van der Waals surface area contributed by atoms with Gasteiger partial charge in [0.1, 0.15) is 0 Å². The molecule has 0 saturated heterocycles. The van der Waals surface area contributed by atoms with Gasteiger partial charge in [-0.15, -0.1) is 0 Å². The lowest BCUT2D eigenvalue weighted by Crippen LogP contribution is -2.42. The standard InChI is InChI=1S/C14H28O/c1-6-9-14(15-13(3,4)5)10-7-12(2)8-11-14/h12H,6-11H2,1-5H3. The topological polar surface area (TPSA) is 9.23 Å². The highest BCUT2D eigenvalue weighted by Gasteiger charge is 2.37. The summed E-state index contributed by atoms with van der Waals surface area (Å²) in [5.41, 5.74) is 0.204. The summed E-state index contributed by atoms with van der Waals surface area (Å²) in [5, 5.41) is 0. The zero-order chi connectivity index (χ0) is 11.5. The van der Waals surface area contributed by atoms with Gasteiger partial charge in [-0.05, 0) is 58.8 Å². The highest BCUT2D eigenvalue weighted by Crippen LogP contribution is 2.40. The summed E-state index contributed by atoms with van der Waals surface area (Å²) in [7, 11) is 0. The third kappa shape index (κ3) is 4.14. The van der Waals surface area contributed by atoms with Crippen LogP contribution in [0.3, 0.4) is 0 Å². The lowest BCUT2D eigenvalue weighted by Gasteiger charge is -2.43. The first kappa shape index (κ1) is 13.0. The van der Waals surface area contributed by atoms with Gasteiger partial charge in [0.2, 0.25) is 0 Å². The molecule has 1 heteroatoms. The summed E-state index contributed by atoms with van der Waals surface area (Å²) in [6, 6.07) is 0. The minimum Gasteiger partial charge on any atom is -0.369 e. The molecule has 0 heterocycles. The first-order chi connectivity index (χ1) is 6.87. The van der Waals surface area contributed by atoms with E-state index in [-0.39, 0.29) is 11.2 Å². The molecule has 0 spiro atoms. The van der Waals surface area contributed by atoms with E-state index in [4.69, 9.17) is 4.74 Å². The van der Waals surface area contributed by atoms with Crippen LogP contribution in [0.15, 0.2) is 0 Å². The Kier molecular flexibility index (Phi) is 4.22. The van der Waals surface area contributed by atoms with Crippen LogP contribution in [0.1, 0.15) is 73.1 Å². The minimum absolute atomic E-state index is 0.00967. The van der Waals surface area contributed by atoms with Gasteiger partial charge in [-0.25, -0.2) is 0 Å². The van der Waals surface area contributed by atoms with Gasteiger partial charge in [-0.1, -0.05) is 20.3 Å². The number of hydrogen-bond acceptors (Lipinski definition) is 1. The first-order valence-electron chi connectivity index (χ1n) is 6.57. The summed E-state index contributed by atoms with van der Waals surface area (Å²) >= 11 is 0. The van der Waals surface area contributed by atoms with Crippen LogP contribution in [0.2, 0.25) is 0 Å². The van der Waals surface area contributed by atoms with E-state index in [2.05, 4.69) is 34.6 Å². The molecule has 1 rings (SSSR count). The van der Waals surface area contributed by atoms with E-state index < -0.39 is 0 Å². The molecule has 90 valence electrons. The van der Waals surface area contributed by atoms with E-state index in [1.165, 1.54) is 38.5 Å². The second-order valence-corrected chi connectivity index (χ2v) is 6.33. The second-order valence-electron chi connectivity index (χ2n) is 6.33. The molecular weight excluding hydrogens is 184 g/mol. The fraction of sp³-hybridized carbons (Fsp3) is 1.00. The van der Waals surface area contributed by atoms with E-state index >= 15 is 0 Å². The maximum atomic E-state index is 6.36. The number of ether oxygens (including phenoxy) is 1. The molecule has 0 radical (unpaired) electrons. The predicted molar refractivity (Wildman–Crippen MR) is 66.1 cm³/mol. The fourth-order valence-electron chi connectivity index (χ4n) is 2.80. The Labute approximate surface area is 95.6 Å². The van der Waals surface area contributed by atoms with E-state index in [1.807, 2.05) is 0 Å². The normalized spacial score (nSPS) is 33.0. The van der Waals surface area contributed by atoms with Crippen molar-refractivity contribution in [2.75, 3.05) is 0 Å². The highest BCUT2D eigenvalue weighted by molar-refractivity contribution is 4.88. The highest BCUT2D eigenvalue weighted by atomic mass is 16.5. The average Bonchev–Trinajstić information content (AvgIpc) is 2.08. The summed E-state index contributed by atoms with van der Waals surface area (Å²) in [6.45, 7) is 11.2. The molecule has 0 bridgehead atoms. The molecular formula is C14H28O. The third-order valence-electron chi connectivity index (χ3n) is 3.41. The zero-order valence-electron chi connectivity index (χ0n) is 11.2. The van der Waals surface area contributed by atoms with Crippen molar-refractivity contribution in [3.8, 4) is 0 Å². The van der Waals surface area contributed by atoms with Crippen LogP contribution in [0.25, 0.3) is 0 Å². The van der Waals surface area contributed by atoms with Gasteiger partial charge in [-0.3, -0.25) is 0 Å². The summed E-state index contributed by atoms with van der Waals surface area (Å²) in [5.74, 6) is 0.901. The maximum absolute atomic E-state index is 6.36. The molecule has 0 aromatic carbocycles. The van der Waals surface area contributed by atoms with Gasteiger partial charge in [0.15, 0.2) is 0 Å². The van der Waals surface area contributed by atoms with Crippen molar-refractivity contribution in [2.45, 2.75) is 84.3 Å². The third-order valence-corrected chi connectivity index (χ3v) is 3.41. The molecule has 0 aromatic rings. The molecule has 1 fully saturated rings. The quantitative estimate of drug-likeness (QED) is 0.667. The molecule has 1 aliphatic carbocycles. The van der Waals surface area contributed by atoms with Crippen molar-refractivity contribution < 1.29 is 4.74 Å². The summed E-state index contributed by atoms with van der Waals surface area (Å²) < 4.78 is 6.36. The monoisotopic (exact) mass is 212 g/mol.